The van der Waals surface area contributed by atoms with E-state index in [-0.39, 0.29) is 11.2 Å². The lowest BCUT2D eigenvalue weighted by Crippen LogP contribution is -2.48. The fourth-order valence-corrected chi connectivity index (χ4v) is 2.53. The van der Waals surface area contributed by atoms with Crippen molar-refractivity contribution in [1.82, 2.24) is 4.90 Å². The first-order valence-corrected chi connectivity index (χ1v) is 6.17. The first kappa shape index (κ1) is 11.7. The summed E-state index contributed by atoms with van der Waals surface area (Å²) in [5.74, 6) is 0. The topological polar surface area (TPSA) is 15.6 Å². The number of aliphatic imine (C=N–C) groups is 1. The minimum absolute atomic E-state index is 0.0981. The summed E-state index contributed by atoms with van der Waals surface area (Å²) in [5, 5.41) is 0.618. The van der Waals surface area contributed by atoms with E-state index in [4.69, 9.17) is 23.2 Å². The van der Waals surface area contributed by atoms with Gasteiger partial charge < -0.3 is 4.90 Å². The molecule has 16 heavy (non-hydrogen) atoms. The van der Waals surface area contributed by atoms with Gasteiger partial charge in [0, 0.05) is 12.4 Å². The molecule has 0 saturated carbocycles. The third-order valence-corrected chi connectivity index (χ3v) is 3.58. The Balaban J connectivity index is 2.31. The smallest absolute Gasteiger partial charge is 0.198 e. The Morgan fingerprint density at radius 1 is 1.56 bits per heavy atom. The maximum atomic E-state index is 6.22. The van der Waals surface area contributed by atoms with Gasteiger partial charge in [-0.3, -0.25) is 4.99 Å². The molecular formula is C12H14Cl2N2. The molecule has 1 aliphatic heterocycles. The molecule has 0 saturated heterocycles. The number of hydrogen-bond donors (Lipinski definition) is 0. The fraction of sp³-hybridized carbons (Fsp3) is 0.417. The van der Waals surface area contributed by atoms with Gasteiger partial charge in [-0.1, -0.05) is 54.4 Å². The molecule has 2 aliphatic rings. The molecule has 0 spiro atoms. The van der Waals surface area contributed by atoms with Crippen molar-refractivity contribution in [2.75, 3.05) is 0 Å². The maximum Gasteiger partial charge on any atom is 0.198 e. The quantitative estimate of drug-likeness (QED) is 0.544. The highest BCUT2D eigenvalue weighted by molar-refractivity contribution is 6.39. The molecule has 0 amide bonds. The molecule has 0 aromatic heterocycles. The summed E-state index contributed by atoms with van der Waals surface area (Å²) in [6.45, 7) is 2.15. The highest BCUT2D eigenvalue weighted by Crippen LogP contribution is 2.34. The zero-order valence-electron chi connectivity index (χ0n) is 9.11. The van der Waals surface area contributed by atoms with E-state index in [1.54, 1.807) is 6.21 Å². The van der Waals surface area contributed by atoms with Gasteiger partial charge >= 0.3 is 0 Å². The Labute approximate surface area is 106 Å². The van der Waals surface area contributed by atoms with E-state index in [0.29, 0.717) is 5.03 Å². The van der Waals surface area contributed by atoms with Crippen LogP contribution in [-0.2, 0) is 0 Å². The van der Waals surface area contributed by atoms with Gasteiger partial charge in [0.05, 0.1) is 10.6 Å². The molecule has 1 unspecified atom stereocenters. The molecule has 0 bridgehead atoms. The van der Waals surface area contributed by atoms with Crippen LogP contribution in [0.1, 0.15) is 19.8 Å². The van der Waals surface area contributed by atoms with Crippen LogP contribution >= 0.6 is 23.2 Å². The standard InChI is InChI=1S/C12H14Cl2N2/c1-2-12(6-4-3-5-7-12)16-9-10(13)8-15-11(16)14/h3-6,8-9,11H,2,7H2,1H3/t11-,12?/m1/s1. The average molecular weight is 257 g/mol. The number of allylic oxidation sites excluding steroid dienone is 3. The van der Waals surface area contributed by atoms with Crippen LogP contribution in [0.5, 0.6) is 0 Å². The minimum Gasteiger partial charge on any atom is -0.333 e. The Kier molecular flexibility index (Phi) is 3.41. The van der Waals surface area contributed by atoms with E-state index >= 15 is 0 Å². The molecule has 2 rings (SSSR count). The van der Waals surface area contributed by atoms with Gasteiger partial charge in [0.25, 0.3) is 0 Å². The van der Waals surface area contributed by atoms with E-state index in [0.717, 1.165) is 12.8 Å². The first-order chi connectivity index (χ1) is 7.68. The van der Waals surface area contributed by atoms with E-state index in [9.17, 15) is 0 Å². The summed E-state index contributed by atoms with van der Waals surface area (Å²) >= 11 is 12.2. The Hall–Kier alpha value is -0.730. The average Bonchev–Trinajstić information content (AvgIpc) is 2.33. The predicted octanol–water partition coefficient (Wildman–Crippen LogP) is 3.64. The van der Waals surface area contributed by atoms with Gasteiger partial charge in [-0.15, -0.1) is 0 Å². The van der Waals surface area contributed by atoms with Gasteiger partial charge in [-0.2, -0.15) is 0 Å². The van der Waals surface area contributed by atoms with Gasteiger partial charge in [0.2, 0.25) is 0 Å². The second kappa shape index (κ2) is 4.64. The highest BCUT2D eigenvalue weighted by Gasteiger charge is 2.35. The first-order valence-electron chi connectivity index (χ1n) is 5.35. The normalized spacial score (nSPS) is 33.1. The molecule has 4 heteroatoms. The van der Waals surface area contributed by atoms with Crippen molar-refractivity contribution >= 4 is 29.4 Å². The van der Waals surface area contributed by atoms with Crippen LogP contribution < -0.4 is 0 Å². The maximum absolute atomic E-state index is 6.22. The molecule has 1 heterocycles. The number of nitrogens with zero attached hydrogens (tertiary/aromatic N) is 2. The SMILES string of the molecule is CCC1(N2C=C(Cl)C=N[C@H]2Cl)C=CC=CC1. The molecule has 2 nitrogen and oxygen atoms in total. The molecule has 86 valence electrons. The number of alkyl halides is 1. The van der Waals surface area contributed by atoms with E-state index < -0.39 is 0 Å². The number of halogens is 2. The lowest BCUT2D eigenvalue weighted by atomic mass is 9.87. The largest absolute Gasteiger partial charge is 0.333 e. The molecular weight excluding hydrogens is 243 g/mol. The summed E-state index contributed by atoms with van der Waals surface area (Å²) in [6, 6.07) is 0. The molecule has 0 fully saturated rings. The van der Waals surface area contributed by atoms with Crippen molar-refractivity contribution in [2.45, 2.75) is 30.9 Å². The van der Waals surface area contributed by atoms with Crippen LogP contribution in [0.15, 0.2) is 40.5 Å². The van der Waals surface area contributed by atoms with Crippen molar-refractivity contribution in [1.29, 1.82) is 0 Å². The van der Waals surface area contributed by atoms with Crippen LogP contribution in [0.3, 0.4) is 0 Å². The Bertz CT molecular complexity index is 384. The molecule has 0 radical (unpaired) electrons. The van der Waals surface area contributed by atoms with Crippen LogP contribution in [0.2, 0.25) is 0 Å². The minimum atomic E-state index is -0.376. The third kappa shape index (κ3) is 2.04. The van der Waals surface area contributed by atoms with Crippen molar-refractivity contribution in [2.24, 2.45) is 4.99 Å². The van der Waals surface area contributed by atoms with Crippen LogP contribution in [0.25, 0.3) is 0 Å². The summed E-state index contributed by atoms with van der Waals surface area (Å²) in [7, 11) is 0. The molecule has 1 aliphatic carbocycles. The molecule has 0 aromatic rings. The van der Waals surface area contributed by atoms with Crippen LogP contribution in [0.4, 0.5) is 0 Å². The lowest BCUT2D eigenvalue weighted by molar-refractivity contribution is 0.175. The summed E-state index contributed by atoms with van der Waals surface area (Å²) in [6.07, 6.45) is 13.8. The lowest BCUT2D eigenvalue weighted by Gasteiger charge is -2.43. The van der Waals surface area contributed by atoms with E-state index in [1.165, 1.54) is 0 Å². The predicted molar refractivity (Wildman–Crippen MR) is 69.8 cm³/mol. The van der Waals surface area contributed by atoms with Gasteiger partial charge in [-0.05, 0) is 12.8 Å². The fourth-order valence-electron chi connectivity index (χ4n) is 2.06. The second-order valence-electron chi connectivity index (χ2n) is 3.96. The van der Waals surface area contributed by atoms with Gasteiger partial charge in [0.1, 0.15) is 0 Å². The van der Waals surface area contributed by atoms with Crippen molar-refractivity contribution in [3.8, 4) is 0 Å². The number of hydrogen-bond acceptors (Lipinski definition) is 2. The Morgan fingerprint density at radius 3 is 3.00 bits per heavy atom. The highest BCUT2D eigenvalue weighted by atomic mass is 35.5. The van der Waals surface area contributed by atoms with Crippen LogP contribution in [-0.4, -0.2) is 22.3 Å². The zero-order chi connectivity index (χ0) is 11.6. The van der Waals surface area contributed by atoms with Gasteiger partial charge in [-0.25, -0.2) is 0 Å². The van der Waals surface area contributed by atoms with Gasteiger partial charge in [0.15, 0.2) is 5.62 Å². The zero-order valence-corrected chi connectivity index (χ0v) is 10.6. The van der Waals surface area contributed by atoms with E-state index in [1.807, 2.05) is 11.1 Å². The molecule has 0 N–H and O–H groups in total. The van der Waals surface area contributed by atoms with E-state index in [2.05, 4.69) is 36.2 Å². The number of rotatable bonds is 2. The monoisotopic (exact) mass is 256 g/mol. The van der Waals surface area contributed by atoms with Crippen molar-refractivity contribution in [3.63, 3.8) is 0 Å². The third-order valence-electron chi connectivity index (χ3n) is 3.06. The van der Waals surface area contributed by atoms with Crippen molar-refractivity contribution in [3.05, 3.63) is 35.5 Å². The van der Waals surface area contributed by atoms with Crippen molar-refractivity contribution < 1.29 is 0 Å². The molecule has 2 atom stereocenters. The van der Waals surface area contributed by atoms with Crippen LogP contribution in [0, 0.1) is 0 Å². The Morgan fingerprint density at radius 2 is 2.38 bits per heavy atom. The summed E-state index contributed by atoms with van der Waals surface area (Å²) < 4.78 is 0. The second-order valence-corrected chi connectivity index (χ2v) is 4.79. The molecule has 0 aromatic carbocycles. The summed E-state index contributed by atoms with van der Waals surface area (Å²) in [5.41, 5.74) is -0.474. The summed E-state index contributed by atoms with van der Waals surface area (Å²) in [4.78, 5) is 6.19.